The molecule has 1 N–H and O–H groups in total. The van der Waals surface area contributed by atoms with Gasteiger partial charge in [-0.05, 0) is 18.6 Å². The van der Waals surface area contributed by atoms with Gasteiger partial charge in [0.15, 0.2) is 0 Å². The fourth-order valence-corrected chi connectivity index (χ4v) is 1.67. The molecule has 1 atom stereocenters. The van der Waals surface area contributed by atoms with Crippen LogP contribution in [0.1, 0.15) is 5.56 Å². The van der Waals surface area contributed by atoms with Crippen molar-refractivity contribution in [2.75, 3.05) is 6.61 Å². The van der Waals surface area contributed by atoms with Gasteiger partial charge in [0.1, 0.15) is 36.7 Å². The first-order valence-electron chi connectivity index (χ1n) is 6.19. The van der Waals surface area contributed by atoms with E-state index in [-0.39, 0.29) is 24.7 Å². The van der Waals surface area contributed by atoms with E-state index in [9.17, 15) is 19.6 Å². The van der Waals surface area contributed by atoms with Crippen LogP contribution < -0.4 is 4.74 Å². The Labute approximate surface area is 119 Å². The first-order valence-corrected chi connectivity index (χ1v) is 6.19. The van der Waals surface area contributed by atoms with Gasteiger partial charge in [0.05, 0.1) is 11.5 Å². The number of halogens is 1. The van der Waals surface area contributed by atoms with Crippen molar-refractivity contribution in [2.24, 2.45) is 0 Å². The SMILES string of the molecule is Cc1ccc(OC[C@H](O)Cn2cc([N+](=O)[O-])cn2)cc1F. The van der Waals surface area contributed by atoms with Crippen molar-refractivity contribution in [1.29, 1.82) is 0 Å². The molecule has 21 heavy (non-hydrogen) atoms. The maximum atomic E-state index is 13.3. The van der Waals surface area contributed by atoms with Crippen LogP contribution in [0.3, 0.4) is 0 Å². The molecule has 7 nitrogen and oxygen atoms in total. The van der Waals surface area contributed by atoms with Crippen molar-refractivity contribution < 1.29 is 19.2 Å². The third-order valence-electron chi connectivity index (χ3n) is 2.81. The topological polar surface area (TPSA) is 90.4 Å². The van der Waals surface area contributed by atoms with Crippen LogP contribution in [0.15, 0.2) is 30.6 Å². The molecule has 0 aliphatic rings. The van der Waals surface area contributed by atoms with Gasteiger partial charge in [-0.1, -0.05) is 6.07 Å². The highest BCUT2D eigenvalue weighted by atomic mass is 19.1. The van der Waals surface area contributed by atoms with Gasteiger partial charge in [-0.25, -0.2) is 4.39 Å². The zero-order valence-electron chi connectivity index (χ0n) is 11.3. The van der Waals surface area contributed by atoms with E-state index in [1.54, 1.807) is 19.1 Å². The molecule has 2 aromatic rings. The summed E-state index contributed by atoms with van der Waals surface area (Å²) in [5.41, 5.74) is 0.357. The van der Waals surface area contributed by atoms with Gasteiger partial charge in [0, 0.05) is 6.07 Å². The largest absolute Gasteiger partial charge is 0.491 e. The second-order valence-corrected chi connectivity index (χ2v) is 4.55. The summed E-state index contributed by atoms with van der Waals surface area (Å²) in [6.45, 7) is 1.61. The van der Waals surface area contributed by atoms with E-state index in [1.807, 2.05) is 0 Å². The molecule has 0 aliphatic carbocycles. The molecule has 8 heteroatoms. The Kier molecular flexibility index (Phi) is 4.49. The summed E-state index contributed by atoms with van der Waals surface area (Å²) in [5, 5.41) is 24.0. The van der Waals surface area contributed by atoms with E-state index in [1.165, 1.54) is 16.9 Å². The molecular formula is C13H14FN3O4. The molecule has 0 radical (unpaired) electrons. The normalized spacial score (nSPS) is 12.1. The summed E-state index contributed by atoms with van der Waals surface area (Å²) in [6, 6.07) is 4.42. The fraction of sp³-hybridized carbons (Fsp3) is 0.308. The summed E-state index contributed by atoms with van der Waals surface area (Å²) in [7, 11) is 0. The van der Waals surface area contributed by atoms with Gasteiger partial charge in [0.2, 0.25) is 0 Å². The molecule has 0 aliphatic heterocycles. The molecule has 2 rings (SSSR count). The molecule has 0 spiro atoms. The monoisotopic (exact) mass is 295 g/mol. The van der Waals surface area contributed by atoms with E-state index in [0.29, 0.717) is 11.3 Å². The number of aryl methyl sites for hydroxylation is 1. The quantitative estimate of drug-likeness (QED) is 0.646. The Balaban J connectivity index is 1.87. The Hall–Kier alpha value is -2.48. The number of nitro groups is 1. The van der Waals surface area contributed by atoms with E-state index >= 15 is 0 Å². The lowest BCUT2D eigenvalue weighted by Crippen LogP contribution is -2.23. The summed E-state index contributed by atoms with van der Waals surface area (Å²) in [5.74, 6) is -0.0757. The van der Waals surface area contributed by atoms with Gasteiger partial charge in [-0.15, -0.1) is 0 Å². The van der Waals surface area contributed by atoms with Crippen molar-refractivity contribution in [1.82, 2.24) is 9.78 Å². The van der Waals surface area contributed by atoms with Crippen molar-refractivity contribution >= 4 is 5.69 Å². The average molecular weight is 295 g/mol. The van der Waals surface area contributed by atoms with E-state index in [4.69, 9.17) is 4.74 Å². The van der Waals surface area contributed by atoms with Crippen LogP contribution in [0, 0.1) is 22.9 Å². The van der Waals surface area contributed by atoms with Gasteiger partial charge in [-0.3, -0.25) is 14.8 Å². The summed E-state index contributed by atoms with van der Waals surface area (Å²) in [6.07, 6.45) is 1.39. The lowest BCUT2D eigenvalue weighted by molar-refractivity contribution is -0.385. The summed E-state index contributed by atoms with van der Waals surface area (Å²) in [4.78, 5) is 9.93. The molecule has 0 saturated heterocycles. The van der Waals surface area contributed by atoms with Crippen molar-refractivity contribution in [3.63, 3.8) is 0 Å². The van der Waals surface area contributed by atoms with Crippen molar-refractivity contribution in [2.45, 2.75) is 19.6 Å². The smallest absolute Gasteiger partial charge is 0.306 e. The zero-order chi connectivity index (χ0) is 15.4. The van der Waals surface area contributed by atoms with E-state index < -0.39 is 11.0 Å². The van der Waals surface area contributed by atoms with Crippen LogP contribution >= 0.6 is 0 Å². The predicted octanol–water partition coefficient (Wildman–Crippen LogP) is 1.68. The minimum Gasteiger partial charge on any atom is -0.491 e. The number of ether oxygens (including phenoxy) is 1. The Morgan fingerprint density at radius 3 is 2.95 bits per heavy atom. The molecule has 112 valence electrons. The highest BCUT2D eigenvalue weighted by Crippen LogP contribution is 2.16. The van der Waals surface area contributed by atoms with Crippen LogP contribution in [-0.2, 0) is 6.54 Å². The highest BCUT2D eigenvalue weighted by molar-refractivity contribution is 5.28. The zero-order valence-corrected chi connectivity index (χ0v) is 11.3. The number of hydrogen-bond acceptors (Lipinski definition) is 5. The minimum atomic E-state index is -0.922. The predicted molar refractivity (Wildman–Crippen MR) is 71.5 cm³/mol. The van der Waals surface area contributed by atoms with E-state index in [0.717, 1.165) is 6.20 Å². The minimum absolute atomic E-state index is 0.0438. The molecule has 0 fully saturated rings. The lowest BCUT2D eigenvalue weighted by atomic mass is 10.2. The maximum absolute atomic E-state index is 13.3. The number of aromatic nitrogens is 2. The van der Waals surface area contributed by atoms with Gasteiger partial charge >= 0.3 is 5.69 Å². The maximum Gasteiger partial charge on any atom is 0.306 e. The Morgan fingerprint density at radius 1 is 1.57 bits per heavy atom. The number of aliphatic hydroxyl groups is 1. The molecule has 0 unspecified atom stereocenters. The molecule has 0 amide bonds. The molecule has 1 heterocycles. The number of nitrogens with zero attached hydrogens (tertiary/aromatic N) is 3. The second-order valence-electron chi connectivity index (χ2n) is 4.55. The molecule has 1 aromatic carbocycles. The van der Waals surface area contributed by atoms with Crippen LogP contribution in [0.5, 0.6) is 5.75 Å². The highest BCUT2D eigenvalue weighted by Gasteiger charge is 2.12. The standard InChI is InChI=1S/C13H14FN3O4/c1-9-2-3-12(4-13(9)14)21-8-11(18)7-16-6-10(5-15-16)17(19)20/h2-6,11,18H,7-8H2,1H3/t11-/m1/s1. The molecule has 0 bridgehead atoms. The van der Waals surface area contributed by atoms with Gasteiger partial charge < -0.3 is 9.84 Å². The summed E-state index contributed by atoms with van der Waals surface area (Å²) >= 11 is 0. The molecule has 1 aromatic heterocycles. The first-order chi connectivity index (χ1) is 9.95. The Bertz CT molecular complexity index is 644. The molecular weight excluding hydrogens is 281 g/mol. The van der Waals surface area contributed by atoms with Gasteiger partial charge in [0.25, 0.3) is 0 Å². The van der Waals surface area contributed by atoms with Crippen LogP contribution in [0.25, 0.3) is 0 Å². The molecule has 0 saturated carbocycles. The first kappa shape index (κ1) is 14.9. The summed E-state index contributed by atoms with van der Waals surface area (Å²) < 4.78 is 19.8. The van der Waals surface area contributed by atoms with Crippen LogP contribution in [0.2, 0.25) is 0 Å². The average Bonchev–Trinajstić information content (AvgIpc) is 2.89. The fourth-order valence-electron chi connectivity index (χ4n) is 1.67. The number of rotatable bonds is 6. The van der Waals surface area contributed by atoms with Gasteiger partial charge in [-0.2, -0.15) is 5.10 Å². The van der Waals surface area contributed by atoms with E-state index in [2.05, 4.69) is 5.10 Å². The number of aliphatic hydroxyl groups excluding tert-OH is 1. The third kappa shape index (κ3) is 3.99. The number of hydrogen-bond donors (Lipinski definition) is 1. The third-order valence-corrected chi connectivity index (χ3v) is 2.81. The Morgan fingerprint density at radius 2 is 2.33 bits per heavy atom. The second kappa shape index (κ2) is 6.31. The van der Waals surface area contributed by atoms with Crippen molar-refractivity contribution in [3.8, 4) is 5.75 Å². The number of benzene rings is 1. The van der Waals surface area contributed by atoms with Crippen LogP contribution in [-0.4, -0.2) is 32.5 Å². The van der Waals surface area contributed by atoms with Crippen LogP contribution in [0.4, 0.5) is 10.1 Å². The van der Waals surface area contributed by atoms with Crippen molar-refractivity contribution in [3.05, 3.63) is 52.1 Å². The lowest BCUT2D eigenvalue weighted by Gasteiger charge is -2.12.